The molecule has 0 aromatic heterocycles. The van der Waals surface area contributed by atoms with Gasteiger partial charge in [-0.05, 0) is 53.2 Å². The Bertz CT molecular complexity index is 575. The summed E-state index contributed by atoms with van der Waals surface area (Å²) in [5, 5.41) is 3.04. The topological polar surface area (TPSA) is 55.4 Å². The summed E-state index contributed by atoms with van der Waals surface area (Å²) in [7, 11) is 0. The zero-order chi connectivity index (χ0) is 17.0. The predicted octanol–water partition coefficient (Wildman–Crippen LogP) is 3.94. The van der Waals surface area contributed by atoms with Gasteiger partial charge < -0.3 is 10.1 Å². The smallest absolute Gasteiger partial charge is 0.340 e. The number of amides is 1. The van der Waals surface area contributed by atoms with Crippen LogP contribution in [0.1, 0.15) is 50.4 Å². The van der Waals surface area contributed by atoms with Crippen LogP contribution in [0.25, 0.3) is 0 Å². The van der Waals surface area contributed by atoms with Crippen LogP contribution in [0.4, 0.5) is 0 Å². The summed E-state index contributed by atoms with van der Waals surface area (Å²) in [6.45, 7) is 6.01. The number of hydrogen-bond donors (Lipinski definition) is 1. The van der Waals surface area contributed by atoms with Crippen LogP contribution in [0.5, 0.6) is 0 Å². The SMILES string of the molecule is C[C@H]1[C@@H](NC(=O)[C@@H](C)OC(=O)c2ccccc2Br)CCC[C@@H]1C. The molecule has 0 saturated heterocycles. The minimum absolute atomic E-state index is 0.163. The third kappa shape index (κ3) is 4.56. The van der Waals surface area contributed by atoms with Crippen molar-refractivity contribution in [2.45, 2.75) is 52.2 Å². The Morgan fingerprint density at radius 2 is 1.96 bits per heavy atom. The maximum atomic E-state index is 12.3. The van der Waals surface area contributed by atoms with Gasteiger partial charge in [0.2, 0.25) is 0 Å². The van der Waals surface area contributed by atoms with Gasteiger partial charge in [0.05, 0.1) is 5.56 Å². The van der Waals surface area contributed by atoms with E-state index < -0.39 is 12.1 Å². The van der Waals surface area contributed by atoms with E-state index in [2.05, 4.69) is 35.1 Å². The van der Waals surface area contributed by atoms with Gasteiger partial charge >= 0.3 is 5.97 Å². The Labute approximate surface area is 146 Å². The molecule has 1 amide bonds. The molecular weight excluding hydrogens is 358 g/mol. The van der Waals surface area contributed by atoms with Crippen LogP contribution < -0.4 is 5.32 Å². The van der Waals surface area contributed by atoms with Crippen molar-refractivity contribution >= 4 is 27.8 Å². The van der Waals surface area contributed by atoms with Crippen LogP contribution in [0.3, 0.4) is 0 Å². The number of esters is 1. The summed E-state index contributed by atoms with van der Waals surface area (Å²) in [5.41, 5.74) is 0.423. The summed E-state index contributed by atoms with van der Waals surface area (Å²) >= 11 is 3.32. The third-order valence-corrected chi connectivity index (χ3v) is 5.47. The molecule has 1 fully saturated rings. The van der Waals surface area contributed by atoms with Crippen LogP contribution in [0.15, 0.2) is 28.7 Å². The largest absolute Gasteiger partial charge is 0.449 e. The second-order valence-corrected chi connectivity index (χ2v) is 7.26. The molecule has 0 spiro atoms. The van der Waals surface area contributed by atoms with E-state index in [9.17, 15) is 9.59 Å². The Morgan fingerprint density at radius 1 is 1.26 bits per heavy atom. The number of carbonyl (C=O) groups excluding carboxylic acids is 2. The van der Waals surface area contributed by atoms with Crippen LogP contribution in [0, 0.1) is 11.8 Å². The lowest BCUT2D eigenvalue weighted by molar-refractivity contribution is -0.130. The average Bonchev–Trinajstić information content (AvgIpc) is 2.52. The zero-order valence-corrected chi connectivity index (χ0v) is 15.4. The molecule has 4 nitrogen and oxygen atoms in total. The van der Waals surface area contributed by atoms with Crippen molar-refractivity contribution in [3.8, 4) is 0 Å². The second-order valence-electron chi connectivity index (χ2n) is 6.41. The number of nitrogens with one attached hydrogen (secondary N) is 1. The van der Waals surface area contributed by atoms with Gasteiger partial charge in [0.1, 0.15) is 0 Å². The number of halogens is 1. The summed E-state index contributed by atoms with van der Waals surface area (Å²) < 4.78 is 5.96. The summed E-state index contributed by atoms with van der Waals surface area (Å²) in [6.07, 6.45) is 2.52. The Morgan fingerprint density at radius 3 is 2.65 bits per heavy atom. The molecular formula is C18H24BrNO3. The van der Waals surface area contributed by atoms with Crippen molar-refractivity contribution in [2.75, 3.05) is 0 Å². The zero-order valence-electron chi connectivity index (χ0n) is 13.8. The molecule has 2 rings (SSSR count). The monoisotopic (exact) mass is 381 g/mol. The van der Waals surface area contributed by atoms with Crippen molar-refractivity contribution in [3.05, 3.63) is 34.3 Å². The van der Waals surface area contributed by atoms with Gasteiger partial charge in [-0.1, -0.05) is 38.8 Å². The fourth-order valence-electron chi connectivity index (χ4n) is 2.99. The first kappa shape index (κ1) is 18.0. The lowest BCUT2D eigenvalue weighted by Crippen LogP contribution is -2.47. The normalized spacial score (nSPS) is 25.5. The lowest BCUT2D eigenvalue weighted by atomic mass is 9.78. The van der Waals surface area contributed by atoms with E-state index in [1.807, 2.05) is 6.07 Å². The molecule has 0 heterocycles. The molecule has 5 heteroatoms. The van der Waals surface area contributed by atoms with Crippen molar-refractivity contribution < 1.29 is 14.3 Å². The number of carbonyl (C=O) groups is 2. The summed E-state index contributed by atoms with van der Waals surface area (Å²) in [6, 6.07) is 7.18. The van der Waals surface area contributed by atoms with Crippen LogP contribution in [-0.2, 0) is 9.53 Å². The molecule has 0 aliphatic heterocycles. The molecule has 1 aliphatic carbocycles. The molecule has 126 valence electrons. The first-order valence-electron chi connectivity index (χ1n) is 8.16. The van der Waals surface area contributed by atoms with Gasteiger partial charge in [-0.15, -0.1) is 0 Å². The van der Waals surface area contributed by atoms with Gasteiger partial charge in [0, 0.05) is 10.5 Å². The van der Waals surface area contributed by atoms with Crippen LogP contribution >= 0.6 is 15.9 Å². The predicted molar refractivity (Wildman–Crippen MR) is 93.1 cm³/mol. The third-order valence-electron chi connectivity index (χ3n) is 4.78. The minimum Gasteiger partial charge on any atom is -0.449 e. The summed E-state index contributed by atoms with van der Waals surface area (Å²) in [4.78, 5) is 24.5. The number of hydrogen-bond acceptors (Lipinski definition) is 3. The highest BCUT2D eigenvalue weighted by molar-refractivity contribution is 9.10. The van der Waals surface area contributed by atoms with Crippen molar-refractivity contribution in [2.24, 2.45) is 11.8 Å². The molecule has 23 heavy (non-hydrogen) atoms. The molecule has 0 radical (unpaired) electrons. The van der Waals surface area contributed by atoms with E-state index in [0.29, 0.717) is 21.9 Å². The van der Waals surface area contributed by atoms with Crippen LogP contribution in [-0.4, -0.2) is 24.0 Å². The molecule has 0 bridgehead atoms. The fraction of sp³-hybridized carbons (Fsp3) is 0.556. The average molecular weight is 382 g/mol. The number of rotatable bonds is 4. The van der Waals surface area contributed by atoms with E-state index in [4.69, 9.17) is 4.74 Å². The standard InChI is InChI=1S/C18H24BrNO3/c1-11-7-6-10-16(12(11)2)20-17(21)13(3)23-18(22)14-8-4-5-9-15(14)19/h4-5,8-9,11-13,16H,6-7,10H2,1-3H3,(H,20,21)/t11-,12+,13+,16-/m0/s1. The fourth-order valence-corrected chi connectivity index (χ4v) is 3.44. The van der Waals surface area contributed by atoms with Gasteiger partial charge in [-0.25, -0.2) is 4.79 Å². The molecule has 1 aromatic carbocycles. The van der Waals surface area contributed by atoms with Gasteiger partial charge in [-0.2, -0.15) is 0 Å². The highest BCUT2D eigenvalue weighted by atomic mass is 79.9. The van der Waals surface area contributed by atoms with Gasteiger partial charge in [-0.3, -0.25) is 4.79 Å². The number of benzene rings is 1. The first-order chi connectivity index (χ1) is 10.9. The van der Waals surface area contributed by atoms with E-state index in [1.165, 1.54) is 6.42 Å². The molecule has 1 aliphatic rings. The van der Waals surface area contributed by atoms with E-state index in [1.54, 1.807) is 25.1 Å². The Hall–Kier alpha value is -1.36. The van der Waals surface area contributed by atoms with Crippen molar-refractivity contribution in [1.29, 1.82) is 0 Å². The maximum Gasteiger partial charge on any atom is 0.340 e. The van der Waals surface area contributed by atoms with E-state index in [0.717, 1.165) is 12.8 Å². The second kappa shape index (κ2) is 7.95. The number of ether oxygens (including phenoxy) is 1. The van der Waals surface area contributed by atoms with Crippen molar-refractivity contribution in [3.63, 3.8) is 0 Å². The van der Waals surface area contributed by atoms with Gasteiger partial charge in [0.15, 0.2) is 6.10 Å². The van der Waals surface area contributed by atoms with Crippen molar-refractivity contribution in [1.82, 2.24) is 5.32 Å². The quantitative estimate of drug-likeness (QED) is 0.803. The Kier molecular flexibility index (Phi) is 6.22. The summed E-state index contributed by atoms with van der Waals surface area (Å²) in [5.74, 6) is 0.326. The molecule has 1 aromatic rings. The van der Waals surface area contributed by atoms with E-state index in [-0.39, 0.29) is 11.9 Å². The molecule has 0 unspecified atom stereocenters. The minimum atomic E-state index is -0.806. The van der Waals surface area contributed by atoms with Gasteiger partial charge in [0.25, 0.3) is 5.91 Å². The van der Waals surface area contributed by atoms with E-state index >= 15 is 0 Å². The van der Waals surface area contributed by atoms with Crippen LogP contribution in [0.2, 0.25) is 0 Å². The molecule has 1 saturated carbocycles. The lowest BCUT2D eigenvalue weighted by Gasteiger charge is -2.35. The maximum absolute atomic E-state index is 12.3. The Balaban J connectivity index is 1.92. The highest BCUT2D eigenvalue weighted by Gasteiger charge is 2.30. The highest BCUT2D eigenvalue weighted by Crippen LogP contribution is 2.29. The molecule has 4 atom stereocenters. The molecule has 1 N–H and O–H groups in total. The first-order valence-corrected chi connectivity index (χ1v) is 8.95.